The Hall–Kier alpha value is -0.770. The van der Waals surface area contributed by atoms with Crippen molar-refractivity contribution in [1.29, 1.82) is 0 Å². The Balaban J connectivity index is 2.04. The van der Waals surface area contributed by atoms with Crippen molar-refractivity contribution in [2.45, 2.75) is 25.9 Å². The molecule has 2 atom stereocenters. The first-order valence-corrected chi connectivity index (χ1v) is 5.07. The van der Waals surface area contributed by atoms with E-state index in [1.165, 1.54) is 0 Å². The summed E-state index contributed by atoms with van der Waals surface area (Å²) in [5.74, 6) is 1.10. The van der Waals surface area contributed by atoms with E-state index in [0.29, 0.717) is 12.1 Å². The highest BCUT2D eigenvalue weighted by Gasteiger charge is 2.27. The van der Waals surface area contributed by atoms with Gasteiger partial charge in [0.25, 0.3) is 0 Å². The highest BCUT2D eigenvalue weighted by Crippen LogP contribution is 2.09. The van der Waals surface area contributed by atoms with Gasteiger partial charge in [-0.3, -0.25) is 4.99 Å². The summed E-state index contributed by atoms with van der Waals surface area (Å²) in [4.78, 5) is 6.82. The molecule has 0 aromatic carbocycles. The van der Waals surface area contributed by atoms with Crippen LogP contribution in [0.2, 0.25) is 0 Å². The molecule has 74 valence electrons. The predicted molar refractivity (Wildman–Crippen MR) is 53.9 cm³/mol. The Morgan fingerprint density at radius 1 is 1.38 bits per heavy atom. The van der Waals surface area contributed by atoms with Gasteiger partial charge in [0, 0.05) is 31.7 Å². The summed E-state index contributed by atoms with van der Waals surface area (Å²) < 4.78 is 0. The fraction of sp³-hybridized carbons (Fsp3) is 0.889. The van der Waals surface area contributed by atoms with Gasteiger partial charge in [-0.25, -0.2) is 0 Å². The second kappa shape index (κ2) is 3.54. The van der Waals surface area contributed by atoms with Crippen LogP contribution in [0.25, 0.3) is 0 Å². The van der Waals surface area contributed by atoms with Crippen molar-refractivity contribution in [3.63, 3.8) is 0 Å². The number of piperazine rings is 1. The molecule has 0 spiro atoms. The van der Waals surface area contributed by atoms with Gasteiger partial charge in [-0.1, -0.05) is 0 Å². The summed E-state index contributed by atoms with van der Waals surface area (Å²) in [6.07, 6.45) is 0. The van der Waals surface area contributed by atoms with Crippen molar-refractivity contribution >= 4 is 5.96 Å². The van der Waals surface area contributed by atoms with E-state index in [9.17, 15) is 0 Å². The minimum Gasteiger partial charge on any atom is -0.354 e. The van der Waals surface area contributed by atoms with Crippen LogP contribution in [-0.4, -0.2) is 49.1 Å². The highest BCUT2D eigenvalue weighted by atomic mass is 15.4. The average Bonchev–Trinajstić information content (AvgIpc) is 2.62. The first kappa shape index (κ1) is 8.81. The highest BCUT2D eigenvalue weighted by molar-refractivity contribution is 5.81. The van der Waals surface area contributed by atoms with Crippen LogP contribution in [0.5, 0.6) is 0 Å². The van der Waals surface area contributed by atoms with Gasteiger partial charge < -0.3 is 15.5 Å². The average molecular weight is 182 g/mol. The van der Waals surface area contributed by atoms with Gasteiger partial charge in [-0.2, -0.15) is 0 Å². The number of nitrogens with zero attached hydrogens (tertiary/aromatic N) is 2. The zero-order chi connectivity index (χ0) is 9.26. The van der Waals surface area contributed by atoms with E-state index in [4.69, 9.17) is 0 Å². The van der Waals surface area contributed by atoms with Crippen molar-refractivity contribution in [3.05, 3.63) is 0 Å². The van der Waals surface area contributed by atoms with Crippen LogP contribution in [0.3, 0.4) is 0 Å². The smallest absolute Gasteiger partial charge is 0.194 e. The van der Waals surface area contributed by atoms with Crippen molar-refractivity contribution in [2.24, 2.45) is 4.99 Å². The molecule has 0 aliphatic carbocycles. The largest absolute Gasteiger partial charge is 0.354 e. The zero-order valence-electron chi connectivity index (χ0n) is 8.38. The van der Waals surface area contributed by atoms with Crippen molar-refractivity contribution in [1.82, 2.24) is 15.5 Å². The molecule has 0 bridgehead atoms. The van der Waals surface area contributed by atoms with E-state index in [1.807, 2.05) is 0 Å². The molecule has 2 aliphatic heterocycles. The number of rotatable bonds is 0. The summed E-state index contributed by atoms with van der Waals surface area (Å²) in [6.45, 7) is 8.54. The zero-order valence-corrected chi connectivity index (χ0v) is 8.38. The Morgan fingerprint density at radius 3 is 2.92 bits per heavy atom. The number of hydrogen-bond donors (Lipinski definition) is 2. The molecule has 2 unspecified atom stereocenters. The van der Waals surface area contributed by atoms with Gasteiger partial charge in [0.05, 0.1) is 6.54 Å². The van der Waals surface area contributed by atoms with E-state index in [-0.39, 0.29) is 0 Å². The fourth-order valence-corrected chi connectivity index (χ4v) is 1.93. The summed E-state index contributed by atoms with van der Waals surface area (Å²) in [5, 5.41) is 6.79. The predicted octanol–water partition coefficient (Wildman–Crippen LogP) is -0.372. The monoisotopic (exact) mass is 182 g/mol. The Bertz CT molecular complexity index is 214. The molecule has 2 aliphatic rings. The maximum atomic E-state index is 4.45. The van der Waals surface area contributed by atoms with Crippen molar-refractivity contribution < 1.29 is 0 Å². The molecular formula is C9H18N4. The van der Waals surface area contributed by atoms with E-state index in [0.717, 1.165) is 32.1 Å². The molecule has 2 heterocycles. The molecule has 0 aromatic rings. The Labute approximate surface area is 79.4 Å². The topological polar surface area (TPSA) is 39.7 Å². The number of nitrogens with one attached hydrogen (secondary N) is 2. The SMILES string of the molecule is CC1NCCN(C2=NCCN2)C1C. The van der Waals surface area contributed by atoms with Crippen molar-refractivity contribution in [2.75, 3.05) is 26.2 Å². The molecule has 0 aromatic heterocycles. The minimum atomic E-state index is 0.540. The van der Waals surface area contributed by atoms with Gasteiger partial charge >= 0.3 is 0 Å². The third-order valence-corrected chi connectivity index (χ3v) is 2.96. The number of aliphatic imine (C=N–C) groups is 1. The summed E-state index contributed by atoms with van der Waals surface area (Å²) in [6, 6.07) is 1.09. The first-order valence-electron chi connectivity index (χ1n) is 5.07. The van der Waals surface area contributed by atoms with E-state index in [2.05, 4.69) is 34.4 Å². The van der Waals surface area contributed by atoms with Crippen LogP contribution in [-0.2, 0) is 0 Å². The second-order valence-electron chi connectivity index (χ2n) is 3.81. The van der Waals surface area contributed by atoms with Gasteiger partial charge in [0.1, 0.15) is 0 Å². The third-order valence-electron chi connectivity index (χ3n) is 2.96. The summed E-state index contributed by atoms with van der Waals surface area (Å²) in [5.41, 5.74) is 0. The lowest BCUT2D eigenvalue weighted by Gasteiger charge is -2.39. The van der Waals surface area contributed by atoms with Crippen molar-refractivity contribution in [3.8, 4) is 0 Å². The molecule has 1 fully saturated rings. The van der Waals surface area contributed by atoms with Gasteiger partial charge in [-0.15, -0.1) is 0 Å². The van der Waals surface area contributed by atoms with Gasteiger partial charge in [0.15, 0.2) is 5.96 Å². The Kier molecular flexibility index (Phi) is 2.40. The third kappa shape index (κ3) is 1.63. The molecule has 4 heteroatoms. The van der Waals surface area contributed by atoms with Crippen LogP contribution in [0, 0.1) is 0 Å². The molecule has 0 radical (unpaired) electrons. The molecule has 13 heavy (non-hydrogen) atoms. The van der Waals surface area contributed by atoms with E-state index >= 15 is 0 Å². The van der Waals surface area contributed by atoms with Crippen LogP contribution >= 0.6 is 0 Å². The second-order valence-corrected chi connectivity index (χ2v) is 3.81. The quantitative estimate of drug-likeness (QED) is 0.537. The molecule has 4 nitrogen and oxygen atoms in total. The maximum absolute atomic E-state index is 4.45. The summed E-state index contributed by atoms with van der Waals surface area (Å²) >= 11 is 0. The normalized spacial score (nSPS) is 34.3. The standard InChI is InChI=1S/C9H18N4/c1-7-8(2)13(6-5-10-7)9-11-3-4-12-9/h7-8,10H,3-6H2,1-2H3,(H,11,12). The molecule has 2 N–H and O–H groups in total. The van der Waals surface area contributed by atoms with Crippen LogP contribution in [0.15, 0.2) is 4.99 Å². The lowest BCUT2D eigenvalue weighted by Crippen LogP contribution is -2.59. The maximum Gasteiger partial charge on any atom is 0.194 e. The number of hydrogen-bond acceptors (Lipinski definition) is 4. The lowest BCUT2D eigenvalue weighted by molar-refractivity contribution is 0.218. The van der Waals surface area contributed by atoms with Crippen LogP contribution in [0.4, 0.5) is 0 Å². The van der Waals surface area contributed by atoms with E-state index in [1.54, 1.807) is 0 Å². The molecule has 0 amide bonds. The van der Waals surface area contributed by atoms with Gasteiger partial charge in [0.2, 0.25) is 0 Å². The lowest BCUT2D eigenvalue weighted by atomic mass is 10.1. The van der Waals surface area contributed by atoms with Crippen LogP contribution in [0.1, 0.15) is 13.8 Å². The molecule has 1 saturated heterocycles. The van der Waals surface area contributed by atoms with Crippen LogP contribution < -0.4 is 10.6 Å². The first-order chi connectivity index (χ1) is 6.29. The minimum absolute atomic E-state index is 0.540. The number of guanidine groups is 1. The fourth-order valence-electron chi connectivity index (χ4n) is 1.93. The Morgan fingerprint density at radius 2 is 2.23 bits per heavy atom. The van der Waals surface area contributed by atoms with E-state index < -0.39 is 0 Å². The molecular weight excluding hydrogens is 164 g/mol. The van der Waals surface area contributed by atoms with Gasteiger partial charge in [-0.05, 0) is 13.8 Å². The molecule has 2 rings (SSSR count). The molecule has 0 saturated carbocycles. The summed E-state index contributed by atoms with van der Waals surface area (Å²) in [7, 11) is 0.